The van der Waals surface area contributed by atoms with Gasteiger partial charge in [0.05, 0.1) is 0 Å². The second-order valence-electron chi connectivity index (χ2n) is 3.11. The van der Waals surface area contributed by atoms with E-state index in [-0.39, 0.29) is 5.95 Å². The van der Waals surface area contributed by atoms with Crippen LogP contribution in [0.5, 0.6) is 0 Å². The number of hydrogen-bond donors (Lipinski definition) is 1. The Morgan fingerprint density at radius 2 is 1.76 bits per heavy atom. The third-order valence-electron chi connectivity index (χ3n) is 1.84. The smallest absolute Gasteiger partial charge is 0.225 e. The Morgan fingerprint density at radius 3 is 2.47 bits per heavy atom. The van der Waals surface area contributed by atoms with Gasteiger partial charge in [0.2, 0.25) is 5.95 Å². The fourth-order valence-electron chi connectivity index (χ4n) is 1.19. The van der Waals surface area contributed by atoms with Crippen molar-refractivity contribution in [3.8, 4) is 0 Å². The summed E-state index contributed by atoms with van der Waals surface area (Å²) in [6, 6.07) is 9.96. The third kappa shape index (κ3) is 3.61. The number of rotatable bonds is 4. The molecule has 0 radical (unpaired) electrons. The number of nitrogen functional groups attached to an aromatic ring is 1. The van der Waals surface area contributed by atoms with Crippen LogP contribution in [0.3, 0.4) is 0 Å². The second-order valence-corrected chi connectivity index (χ2v) is 5.38. The summed E-state index contributed by atoms with van der Waals surface area (Å²) in [6.07, 6.45) is 0. The molecule has 1 aromatic heterocycles. The Balaban J connectivity index is 2.21. The van der Waals surface area contributed by atoms with Gasteiger partial charge < -0.3 is 5.73 Å². The maximum Gasteiger partial charge on any atom is 0.225 e. The number of nitrogens with zero attached hydrogens (tertiary/aromatic N) is 3. The molecule has 0 atom stereocenters. The van der Waals surface area contributed by atoms with Gasteiger partial charge in [0, 0.05) is 4.90 Å². The van der Waals surface area contributed by atoms with E-state index in [1.807, 2.05) is 30.3 Å². The molecular weight excluding hydrogens is 252 g/mol. The average molecular weight is 264 g/mol. The van der Waals surface area contributed by atoms with Gasteiger partial charge in [-0.3, -0.25) is 0 Å². The molecule has 0 aliphatic rings. The molecular formula is C11H12N4S2. The molecule has 2 rings (SSSR count). The van der Waals surface area contributed by atoms with Crippen molar-refractivity contribution in [2.45, 2.75) is 22.1 Å². The predicted octanol–water partition coefficient (Wildman–Crippen LogP) is 2.72. The Morgan fingerprint density at radius 1 is 1.06 bits per heavy atom. The van der Waals surface area contributed by atoms with Gasteiger partial charge in [-0.25, -0.2) is 0 Å². The minimum Gasteiger partial charge on any atom is -0.368 e. The summed E-state index contributed by atoms with van der Waals surface area (Å²) in [5.74, 6) is 1.19. The van der Waals surface area contributed by atoms with E-state index >= 15 is 0 Å². The predicted molar refractivity (Wildman–Crippen MR) is 71.2 cm³/mol. The van der Waals surface area contributed by atoms with Crippen molar-refractivity contribution in [2.75, 3.05) is 11.5 Å². The fraction of sp³-hybridized carbons (Fsp3) is 0.182. The van der Waals surface area contributed by atoms with Crippen LogP contribution >= 0.6 is 23.5 Å². The zero-order valence-corrected chi connectivity index (χ0v) is 11.0. The molecule has 0 spiro atoms. The van der Waals surface area contributed by atoms with Crippen molar-refractivity contribution in [1.82, 2.24) is 15.0 Å². The molecule has 0 aliphatic heterocycles. The van der Waals surface area contributed by atoms with E-state index in [1.54, 1.807) is 11.8 Å². The van der Waals surface area contributed by atoms with Crippen LogP contribution in [0, 0.1) is 0 Å². The van der Waals surface area contributed by atoms with Crippen molar-refractivity contribution < 1.29 is 0 Å². The van der Waals surface area contributed by atoms with E-state index in [0.717, 1.165) is 10.6 Å². The number of thioether (sulfide) groups is 1. The number of aromatic nitrogens is 3. The van der Waals surface area contributed by atoms with Crippen LogP contribution in [-0.4, -0.2) is 20.7 Å². The molecule has 0 bridgehead atoms. The highest BCUT2D eigenvalue weighted by Gasteiger charge is 2.05. The topological polar surface area (TPSA) is 64.7 Å². The van der Waals surface area contributed by atoms with E-state index in [9.17, 15) is 0 Å². The monoisotopic (exact) mass is 264 g/mol. The first-order valence-electron chi connectivity index (χ1n) is 5.15. The highest BCUT2D eigenvalue weighted by molar-refractivity contribution is 7.99. The van der Waals surface area contributed by atoms with Crippen LogP contribution in [-0.2, 0) is 0 Å². The van der Waals surface area contributed by atoms with Crippen molar-refractivity contribution in [3.05, 3.63) is 30.3 Å². The molecule has 2 aromatic rings. The van der Waals surface area contributed by atoms with E-state index in [4.69, 9.17) is 5.73 Å². The molecule has 1 heterocycles. The zero-order chi connectivity index (χ0) is 12.1. The SMILES string of the molecule is CCSc1nc(N)nc(Sc2ccccc2)n1. The van der Waals surface area contributed by atoms with E-state index in [2.05, 4.69) is 21.9 Å². The molecule has 0 aliphatic carbocycles. The van der Waals surface area contributed by atoms with Gasteiger partial charge in [-0.05, 0) is 29.6 Å². The number of benzene rings is 1. The van der Waals surface area contributed by atoms with Gasteiger partial charge in [0.15, 0.2) is 10.3 Å². The molecule has 0 saturated heterocycles. The summed E-state index contributed by atoms with van der Waals surface area (Å²) >= 11 is 3.04. The van der Waals surface area contributed by atoms with E-state index in [1.165, 1.54) is 11.8 Å². The van der Waals surface area contributed by atoms with Crippen LogP contribution in [0.1, 0.15) is 6.92 Å². The van der Waals surface area contributed by atoms with Crippen LogP contribution in [0.15, 0.2) is 45.5 Å². The summed E-state index contributed by atoms with van der Waals surface area (Å²) in [5.41, 5.74) is 5.65. The largest absolute Gasteiger partial charge is 0.368 e. The van der Waals surface area contributed by atoms with Crippen LogP contribution in [0.2, 0.25) is 0 Å². The maximum absolute atomic E-state index is 5.65. The number of nitrogens with two attached hydrogens (primary N) is 1. The third-order valence-corrected chi connectivity index (χ3v) is 3.44. The lowest BCUT2D eigenvalue weighted by Crippen LogP contribution is -2.00. The van der Waals surface area contributed by atoms with Gasteiger partial charge in [0.1, 0.15) is 0 Å². The molecule has 0 saturated carbocycles. The molecule has 0 amide bonds. The van der Waals surface area contributed by atoms with Gasteiger partial charge in [-0.15, -0.1) is 0 Å². The molecule has 2 N–H and O–H groups in total. The molecule has 88 valence electrons. The summed E-state index contributed by atoms with van der Waals surface area (Å²) < 4.78 is 0. The summed E-state index contributed by atoms with van der Waals surface area (Å²) in [6.45, 7) is 2.05. The molecule has 0 fully saturated rings. The van der Waals surface area contributed by atoms with Crippen molar-refractivity contribution in [1.29, 1.82) is 0 Å². The van der Waals surface area contributed by atoms with Crippen LogP contribution in [0.4, 0.5) is 5.95 Å². The summed E-state index contributed by atoms with van der Waals surface area (Å²) in [7, 11) is 0. The Hall–Kier alpha value is -1.27. The first-order chi connectivity index (χ1) is 8.28. The Labute approximate surface area is 108 Å². The first kappa shape index (κ1) is 12.2. The Kier molecular flexibility index (Phi) is 4.22. The van der Waals surface area contributed by atoms with E-state index < -0.39 is 0 Å². The van der Waals surface area contributed by atoms with Gasteiger partial charge >= 0.3 is 0 Å². The minimum atomic E-state index is 0.273. The lowest BCUT2D eigenvalue weighted by Gasteiger charge is -2.03. The van der Waals surface area contributed by atoms with Crippen LogP contribution in [0.25, 0.3) is 0 Å². The lowest BCUT2D eigenvalue weighted by molar-refractivity contribution is 0.813. The van der Waals surface area contributed by atoms with E-state index in [0.29, 0.717) is 10.3 Å². The maximum atomic E-state index is 5.65. The highest BCUT2D eigenvalue weighted by Crippen LogP contribution is 2.25. The quantitative estimate of drug-likeness (QED) is 0.857. The van der Waals surface area contributed by atoms with Crippen molar-refractivity contribution in [3.63, 3.8) is 0 Å². The Bertz CT molecular complexity index is 490. The van der Waals surface area contributed by atoms with Crippen molar-refractivity contribution >= 4 is 29.5 Å². The molecule has 0 unspecified atom stereocenters. The normalized spacial score (nSPS) is 10.4. The highest BCUT2D eigenvalue weighted by atomic mass is 32.2. The molecule has 17 heavy (non-hydrogen) atoms. The second kappa shape index (κ2) is 5.88. The van der Waals surface area contributed by atoms with Crippen LogP contribution < -0.4 is 5.73 Å². The van der Waals surface area contributed by atoms with Crippen molar-refractivity contribution in [2.24, 2.45) is 0 Å². The lowest BCUT2D eigenvalue weighted by atomic mass is 10.4. The van der Waals surface area contributed by atoms with Gasteiger partial charge in [0.25, 0.3) is 0 Å². The number of anilines is 1. The first-order valence-corrected chi connectivity index (χ1v) is 6.95. The summed E-state index contributed by atoms with van der Waals surface area (Å²) in [5, 5.41) is 1.32. The molecule has 4 nitrogen and oxygen atoms in total. The number of hydrogen-bond acceptors (Lipinski definition) is 6. The average Bonchev–Trinajstić information content (AvgIpc) is 2.30. The molecule has 6 heteroatoms. The summed E-state index contributed by atoms with van der Waals surface area (Å²) in [4.78, 5) is 13.6. The fourth-order valence-corrected chi connectivity index (χ4v) is 2.59. The van der Waals surface area contributed by atoms with Gasteiger partial charge in [-0.1, -0.05) is 36.9 Å². The van der Waals surface area contributed by atoms with Gasteiger partial charge in [-0.2, -0.15) is 15.0 Å². The molecule has 1 aromatic carbocycles. The minimum absolute atomic E-state index is 0.273. The zero-order valence-electron chi connectivity index (χ0n) is 9.33. The standard InChI is InChI=1S/C11H12N4S2/c1-2-16-10-13-9(12)14-11(15-10)17-8-6-4-3-5-7-8/h3-7H,2H2,1H3,(H2,12,13,14,15).